The Labute approximate surface area is 137 Å². The van der Waals surface area contributed by atoms with Gasteiger partial charge in [-0.3, -0.25) is 4.90 Å². The molecule has 0 radical (unpaired) electrons. The Kier molecular flexibility index (Phi) is 6.15. The van der Waals surface area contributed by atoms with E-state index in [-0.39, 0.29) is 6.09 Å². The summed E-state index contributed by atoms with van der Waals surface area (Å²) in [7, 11) is 0. The van der Waals surface area contributed by atoms with Crippen molar-refractivity contribution in [3.8, 4) is 0 Å². The van der Waals surface area contributed by atoms with E-state index in [1.807, 2.05) is 19.1 Å². The highest BCUT2D eigenvalue weighted by molar-refractivity contribution is 7.80. The zero-order chi connectivity index (χ0) is 15.9. The molecule has 0 aliphatic carbocycles. The van der Waals surface area contributed by atoms with E-state index in [1.165, 1.54) is 5.56 Å². The molecule has 6 heteroatoms. The maximum atomic E-state index is 11.7. The smallest absolute Gasteiger partial charge is 0.409 e. The van der Waals surface area contributed by atoms with Crippen LogP contribution in [0, 0.1) is 0 Å². The maximum absolute atomic E-state index is 11.7. The number of piperazine rings is 1. The van der Waals surface area contributed by atoms with Gasteiger partial charge < -0.3 is 15.4 Å². The predicted octanol–water partition coefficient (Wildman–Crippen LogP) is 1.79. The second-order valence-electron chi connectivity index (χ2n) is 5.43. The molecule has 1 aromatic carbocycles. The van der Waals surface area contributed by atoms with E-state index in [1.54, 1.807) is 4.90 Å². The van der Waals surface area contributed by atoms with E-state index in [2.05, 4.69) is 17.0 Å². The van der Waals surface area contributed by atoms with Gasteiger partial charge in [0.25, 0.3) is 0 Å². The fourth-order valence-electron chi connectivity index (χ4n) is 2.60. The Hall–Kier alpha value is -1.66. The molecule has 1 aliphatic heterocycles. The molecule has 1 fully saturated rings. The number of amides is 1. The van der Waals surface area contributed by atoms with E-state index in [9.17, 15) is 4.79 Å². The monoisotopic (exact) mass is 321 g/mol. The molecule has 0 bridgehead atoms. The van der Waals surface area contributed by atoms with Gasteiger partial charge in [0.2, 0.25) is 0 Å². The second-order valence-corrected chi connectivity index (χ2v) is 5.95. The van der Waals surface area contributed by atoms with Crippen LogP contribution in [0.3, 0.4) is 0 Å². The van der Waals surface area contributed by atoms with Gasteiger partial charge in [-0.1, -0.05) is 36.5 Å². The van der Waals surface area contributed by atoms with Gasteiger partial charge in [0.15, 0.2) is 0 Å². The zero-order valence-electron chi connectivity index (χ0n) is 13.0. The van der Waals surface area contributed by atoms with Gasteiger partial charge in [-0.2, -0.15) is 0 Å². The lowest BCUT2D eigenvalue weighted by Gasteiger charge is -2.34. The lowest BCUT2D eigenvalue weighted by molar-refractivity contribution is 0.0778. The van der Waals surface area contributed by atoms with Gasteiger partial charge in [-0.05, 0) is 18.1 Å². The van der Waals surface area contributed by atoms with Crippen LogP contribution in [0.2, 0.25) is 0 Å². The van der Waals surface area contributed by atoms with Crippen LogP contribution in [0.15, 0.2) is 24.3 Å². The first-order valence-corrected chi connectivity index (χ1v) is 7.99. The van der Waals surface area contributed by atoms with Crippen LogP contribution in [0.5, 0.6) is 0 Å². The molecule has 120 valence electrons. The van der Waals surface area contributed by atoms with Crippen molar-refractivity contribution in [2.24, 2.45) is 5.73 Å². The molecule has 1 aromatic rings. The summed E-state index contributed by atoms with van der Waals surface area (Å²) in [5, 5.41) is 0. The SMILES string of the molecule is CCOC(=O)N1CCN(Cc2cccc(CC(N)=S)c2)CC1. The Morgan fingerprint density at radius 2 is 1.95 bits per heavy atom. The van der Waals surface area contributed by atoms with E-state index in [4.69, 9.17) is 22.7 Å². The summed E-state index contributed by atoms with van der Waals surface area (Å²) in [5.41, 5.74) is 8.00. The number of hydrogen-bond donors (Lipinski definition) is 1. The molecule has 0 saturated carbocycles. The first-order valence-electron chi connectivity index (χ1n) is 7.58. The number of hydrogen-bond acceptors (Lipinski definition) is 4. The normalized spacial score (nSPS) is 15.6. The summed E-state index contributed by atoms with van der Waals surface area (Å²) < 4.78 is 5.03. The Morgan fingerprint density at radius 3 is 2.59 bits per heavy atom. The van der Waals surface area contributed by atoms with E-state index in [0.717, 1.165) is 25.2 Å². The molecule has 2 N–H and O–H groups in total. The molecule has 0 atom stereocenters. The standard InChI is InChI=1S/C16H23N3O2S/c1-2-21-16(20)19-8-6-18(7-9-19)12-14-5-3-4-13(10-14)11-15(17)22/h3-5,10H,2,6-9,11-12H2,1H3,(H2,17,22). The number of rotatable bonds is 5. The number of benzene rings is 1. The predicted molar refractivity (Wildman–Crippen MR) is 90.8 cm³/mol. The molecule has 1 saturated heterocycles. The van der Waals surface area contributed by atoms with Crippen LogP contribution in [0.4, 0.5) is 4.79 Å². The zero-order valence-corrected chi connectivity index (χ0v) is 13.8. The summed E-state index contributed by atoms with van der Waals surface area (Å²) in [5.74, 6) is 0. The van der Waals surface area contributed by atoms with Crippen molar-refractivity contribution in [3.05, 3.63) is 35.4 Å². The molecule has 0 unspecified atom stereocenters. The van der Waals surface area contributed by atoms with Crippen molar-refractivity contribution >= 4 is 23.3 Å². The van der Waals surface area contributed by atoms with Crippen LogP contribution in [-0.4, -0.2) is 53.7 Å². The molecule has 1 amide bonds. The molecule has 2 rings (SSSR count). The number of carbonyl (C=O) groups excluding carboxylic acids is 1. The Bertz CT molecular complexity index is 528. The Morgan fingerprint density at radius 1 is 1.27 bits per heavy atom. The van der Waals surface area contributed by atoms with Gasteiger partial charge >= 0.3 is 6.09 Å². The molecular weight excluding hydrogens is 298 g/mol. The summed E-state index contributed by atoms with van der Waals surface area (Å²) in [6.45, 7) is 6.28. The van der Waals surface area contributed by atoms with Crippen molar-refractivity contribution < 1.29 is 9.53 Å². The van der Waals surface area contributed by atoms with Crippen molar-refractivity contribution in [1.29, 1.82) is 0 Å². The number of carbonyl (C=O) groups is 1. The highest BCUT2D eigenvalue weighted by Crippen LogP contribution is 2.12. The third-order valence-corrected chi connectivity index (χ3v) is 3.82. The van der Waals surface area contributed by atoms with Crippen molar-refractivity contribution in [3.63, 3.8) is 0 Å². The fraction of sp³-hybridized carbons (Fsp3) is 0.500. The van der Waals surface area contributed by atoms with Crippen LogP contribution in [0.25, 0.3) is 0 Å². The maximum Gasteiger partial charge on any atom is 0.409 e. The van der Waals surface area contributed by atoms with Crippen molar-refractivity contribution in [1.82, 2.24) is 9.80 Å². The fourth-order valence-corrected chi connectivity index (χ4v) is 2.77. The molecule has 22 heavy (non-hydrogen) atoms. The minimum Gasteiger partial charge on any atom is -0.450 e. The van der Waals surface area contributed by atoms with Crippen LogP contribution >= 0.6 is 12.2 Å². The number of nitrogens with two attached hydrogens (primary N) is 1. The third-order valence-electron chi connectivity index (χ3n) is 3.67. The van der Waals surface area contributed by atoms with Crippen molar-refractivity contribution in [2.45, 2.75) is 19.9 Å². The number of ether oxygens (including phenoxy) is 1. The Balaban J connectivity index is 1.85. The first-order chi connectivity index (χ1) is 10.6. The van der Waals surface area contributed by atoms with Gasteiger partial charge in [0.1, 0.15) is 0 Å². The van der Waals surface area contributed by atoms with Gasteiger partial charge in [0.05, 0.1) is 11.6 Å². The minimum absolute atomic E-state index is 0.208. The molecule has 0 aromatic heterocycles. The van der Waals surface area contributed by atoms with Gasteiger partial charge in [0, 0.05) is 39.1 Å². The summed E-state index contributed by atoms with van der Waals surface area (Å²) in [6.07, 6.45) is 0.431. The van der Waals surface area contributed by atoms with Crippen molar-refractivity contribution in [2.75, 3.05) is 32.8 Å². The van der Waals surface area contributed by atoms with Crippen LogP contribution in [0.1, 0.15) is 18.1 Å². The summed E-state index contributed by atoms with van der Waals surface area (Å²) >= 11 is 4.96. The molecule has 0 spiro atoms. The van der Waals surface area contributed by atoms with E-state index < -0.39 is 0 Å². The number of thiocarbonyl (C=S) groups is 1. The summed E-state index contributed by atoms with van der Waals surface area (Å²) in [6, 6.07) is 8.34. The van der Waals surface area contributed by atoms with Crippen LogP contribution in [-0.2, 0) is 17.7 Å². The molecule has 1 heterocycles. The average molecular weight is 321 g/mol. The largest absolute Gasteiger partial charge is 0.450 e. The third kappa shape index (κ3) is 4.96. The van der Waals surface area contributed by atoms with Gasteiger partial charge in [-0.25, -0.2) is 4.79 Å². The lowest BCUT2D eigenvalue weighted by Crippen LogP contribution is -2.48. The highest BCUT2D eigenvalue weighted by atomic mass is 32.1. The van der Waals surface area contributed by atoms with E-state index in [0.29, 0.717) is 31.1 Å². The summed E-state index contributed by atoms with van der Waals surface area (Å²) in [4.78, 5) is 16.3. The average Bonchev–Trinajstić information content (AvgIpc) is 2.48. The van der Waals surface area contributed by atoms with Crippen LogP contribution < -0.4 is 5.73 Å². The quantitative estimate of drug-likeness (QED) is 0.838. The number of nitrogens with zero attached hydrogens (tertiary/aromatic N) is 2. The molecule has 1 aliphatic rings. The molecular formula is C16H23N3O2S. The molecule has 5 nitrogen and oxygen atoms in total. The topological polar surface area (TPSA) is 58.8 Å². The minimum atomic E-state index is -0.208. The first kappa shape index (κ1) is 16.7. The van der Waals surface area contributed by atoms with Gasteiger partial charge in [-0.15, -0.1) is 0 Å². The van der Waals surface area contributed by atoms with E-state index >= 15 is 0 Å². The lowest BCUT2D eigenvalue weighted by atomic mass is 10.1. The second kappa shape index (κ2) is 8.10. The highest BCUT2D eigenvalue weighted by Gasteiger charge is 2.21.